The normalized spacial score (nSPS) is 18.6. The number of nitrogens with zero attached hydrogens (tertiary/aromatic N) is 2. The van der Waals surface area contributed by atoms with Gasteiger partial charge in [-0.1, -0.05) is 12.1 Å². The standard InChI is InChI=1S/C33H35N3O6/c1-34-31(37)25-6-3-5-22-17-23(7-8-24(22)25)42-28-9-12-35-27-19-30(29(38-2)18-26(27)28)39-14-4-13-36-20-32(10-11-32)33(21-36)40-15-16-41-33/h3,5-9,12,17-19H,4,10-11,13-16,20-21H2,1-2H3,(H,34,37). The Kier molecular flexibility index (Phi) is 6.88. The van der Waals surface area contributed by atoms with E-state index in [4.69, 9.17) is 23.7 Å². The molecule has 4 aromatic rings. The van der Waals surface area contributed by atoms with E-state index in [1.165, 1.54) is 12.8 Å². The lowest BCUT2D eigenvalue weighted by Crippen LogP contribution is -2.40. The number of fused-ring (bicyclic) bond motifs is 3. The Morgan fingerprint density at radius 2 is 1.86 bits per heavy atom. The van der Waals surface area contributed by atoms with Crippen LogP contribution < -0.4 is 19.5 Å². The molecule has 3 aromatic carbocycles. The molecule has 3 fully saturated rings. The molecule has 42 heavy (non-hydrogen) atoms. The Bertz CT molecular complexity index is 1650. The number of rotatable bonds is 9. The number of ether oxygens (including phenoxy) is 5. The molecule has 3 heterocycles. The SMILES string of the molecule is CNC(=O)c1cccc2cc(Oc3ccnc4cc(OCCCN5CC6(CC6)C6(C5)OCCO6)c(OC)cc34)ccc12. The molecule has 7 rings (SSSR count). The lowest BCUT2D eigenvalue weighted by atomic mass is 10.00. The lowest BCUT2D eigenvalue weighted by Gasteiger charge is -2.28. The van der Waals surface area contributed by atoms with Crippen molar-refractivity contribution in [3.63, 3.8) is 0 Å². The molecule has 0 bridgehead atoms. The molecule has 1 amide bonds. The van der Waals surface area contributed by atoms with Gasteiger partial charge in [0.15, 0.2) is 17.3 Å². The number of nitrogens with one attached hydrogen (secondary N) is 1. The molecule has 0 atom stereocenters. The smallest absolute Gasteiger partial charge is 0.251 e. The van der Waals surface area contributed by atoms with Crippen LogP contribution in [0.4, 0.5) is 0 Å². The number of aromatic nitrogens is 1. The Morgan fingerprint density at radius 1 is 1.00 bits per heavy atom. The molecule has 0 radical (unpaired) electrons. The van der Waals surface area contributed by atoms with Gasteiger partial charge in [0.1, 0.15) is 11.5 Å². The molecular weight excluding hydrogens is 534 g/mol. The van der Waals surface area contributed by atoms with Gasteiger partial charge < -0.3 is 29.0 Å². The fourth-order valence-electron chi connectivity index (χ4n) is 6.51. The summed E-state index contributed by atoms with van der Waals surface area (Å²) in [6.45, 7) is 4.76. The van der Waals surface area contributed by atoms with Crippen LogP contribution in [0.3, 0.4) is 0 Å². The monoisotopic (exact) mass is 569 g/mol. The van der Waals surface area contributed by atoms with Crippen LogP contribution in [0.15, 0.2) is 60.8 Å². The fourth-order valence-corrected chi connectivity index (χ4v) is 6.51. The second-order valence-electron chi connectivity index (χ2n) is 11.3. The number of pyridine rings is 1. The van der Waals surface area contributed by atoms with Crippen molar-refractivity contribution in [2.45, 2.75) is 25.0 Å². The van der Waals surface area contributed by atoms with E-state index in [0.29, 0.717) is 48.4 Å². The van der Waals surface area contributed by atoms with Crippen molar-refractivity contribution in [2.75, 3.05) is 53.6 Å². The Morgan fingerprint density at radius 3 is 2.64 bits per heavy atom. The summed E-state index contributed by atoms with van der Waals surface area (Å²) in [6.07, 6.45) is 4.98. The Hall–Kier alpha value is -3.92. The molecule has 1 aromatic heterocycles. The summed E-state index contributed by atoms with van der Waals surface area (Å²) in [5.74, 6) is 2.08. The van der Waals surface area contributed by atoms with Crippen LogP contribution in [0.1, 0.15) is 29.6 Å². The largest absolute Gasteiger partial charge is 0.493 e. The Balaban J connectivity index is 1.04. The van der Waals surface area contributed by atoms with Crippen LogP contribution in [-0.4, -0.2) is 75.2 Å². The highest BCUT2D eigenvalue weighted by Crippen LogP contribution is 2.61. The van der Waals surface area contributed by atoms with Gasteiger partial charge in [-0.2, -0.15) is 0 Å². The second-order valence-corrected chi connectivity index (χ2v) is 11.3. The van der Waals surface area contributed by atoms with E-state index >= 15 is 0 Å². The van der Waals surface area contributed by atoms with Crippen molar-refractivity contribution in [2.24, 2.45) is 5.41 Å². The van der Waals surface area contributed by atoms with Crippen LogP contribution in [0.25, 0.3) is 21.7 Å². The minimum Gasteiger partial charge on any atom is -0.493 e. The van der Waals surface area contributed by atoms with Crippen LogP contribution in [0.5, 0.6) is 23.0 Å². The summed E-state index contributed by atoms with van der Waals surface area (Å²) in [5, 5.41) is 5.29. The average molecular weight is 570 g/mol. The maximum Gasteiger partial charge on any atom is 0.251 e. The van der Waals surface area contributed by atoms with Gasteiger partial charge in [-0.15, -0.1) is 0 Å². The van der Waals surface area contributed by atoms with E-state index in [1.54, 1.807) is 20.4 Å². The predicted molar refractivity (Wildman–Crippen MR) is 159 cm³/mol. The first-order chi connectivity index (χ1) is 20.5. The zero-order valence-electron chi connectivity index (χ0n) is 24.0. The molecule has 0 unspecified atom stereocenters. The quantitative estimate of drug-likeness (QED) is 0.277. The van der Waals surface area contributed by atoms with E-state index in [9.17, 15) is 4.79 Å². The molecular formula is C33H35N3O6. The molecule has 218 valence electrons. The molecule has 9 heteroatoms. The highest BCUT2D eigenvalue weighted by molar-refractivity contribution is 6.07. The topological polar surface area (TPSA) is 91.4 Å². The van der Waals surface area contributed by atoms with E-state index < -0.39 is 0 Å². The molecule has 2 aliphatic heterocycles. The van der Waals surface area contributed by atoms with E-state index in [-0.39, 0.29) is 17.1 Å². The van der Waals surface area contributed by atoms with Crippen molar-refractivity contribution in [1.82, 2.24) is 15.2 Å². The molecule has 1 N–H and O–H groups in total. The molecule has 9 nitrogen and oxygen atoms in total. The second kappa shape index (κ2) is 10.7. The summed E-state index contributed by atoms with van der Waals surface area (Å²) in [6, 6.07) is 17.0. The summed E-state index contributed by atoms with van der Waals surface area (Å²) >= 11 is 0. The van der Waals surface area contributed by atoms with Gasteiger partial charge >= 0.3 is 0 Å². The number of methoxy groups -OCH3 is 1. The molecule has 3 aliphatic rings. The molecule has 2 spiro atoms. The van der Waals surface area contributed by atoms with Crippen molar-refractivity contribution in [3.05, 3.63) is 66.4 Å². The van der Waals surface area contributed by atoms with Gasteiger partial charge in [-0.25, -0.2) is 0 Å². The molecule has 1 saturated carbocycles. The third-order valence-electron chi connectivity index (χ3n) is 8.79. The van der Waals surface area contributed by atoms with Crippen LogP contribution in [-0.2, 0) is 9.47 Å². The number of hydrogen-bond donors (Lipinski definition) is 1. The number of carbonyl (C=O) groups excluding carboxylic acids is 1. The van der Waals surface area contributed by atoms with Crippen LogP contribution >= 0.6 is 0 Å². The van der Waals surface area contributed by atoms with Gasteiger partial charge in [-0.3, -0.25) is 14.7 Å². The third kappa shape index (κ3) is 4.71. The van der Waals surface area contributed by atoms with Gasteiger partial charge in [0.05, 0.1) is 39.0 Å². The number of carbonyl (C=O) groups is 1. The number of amides is 1. The first-order valence-electron chi connectivity index (χ1n) is 14.6. The van der Waals surface area contributed by atoms with Crippen molar-refractivity contribution < 1.29 is 28.5 Å². The number of hydrogen-bond acceptors (Lipinski definition) is 8. The Labute approximate surface area is 244 Å². The van der Waals surface area contributed by atoms with Crippen molar-refractivity contribution >= 4 is 27.6 Å². The van der Waals surface area contributed by atoms with E-state index in [2.05, 4.69) is 15.2 Å². The van der Waals surface area contributed by atoms with Gasteiger partial charge in [-0.05, 0) is 66.4 Å². The first-order valence-corrected chi connectivity index (χ1v) is 14.6. The molecule has 2 saturated heterocycles. The van der Waals surface area contributed by atoms with Gasteiger partial charge in [0, 0.05) is 48.8 Å². The summed E-state index contributed by atoms with van der Waals surface area (Å²) in [7, 11) is 3.27. The third-order valence-corrected chi connectivity index (χ3v) is 8.79. The summed E-state index contributed by atoms with van der Waals surface area (Å²) in [5.41, 5.74) is 1.57. The highest BCUT2D eigenvalue weighted by Gasteiger charge is 2.67. The van der Waals surface area contributed by atoms with Crippen molar-refractivity contribution in [1.29, 1.82) is 0 Å². The maximum atomic E-state index is 12.3. The zero-order valence-corrected chi connectivity index (χ0v) is 24.0. The van der Waals surface area contributed by atoms with Gasteiger partial charge in [0.2, 0.25) is 0 Å². The minimum atomic E-state index is -0.387. The summed E-state index contributed by atoms with van der Waals surface area (Å²) in [4.78, 5) is 19.3. The first kappa shape index (κ1) is 26.9. The lowest BCUT2D eigenvalue weighted by molar-refractivity contribution is -0.182. The van der Waals surface area contributed by atoms with E-state index in [1.807, 2.05) is 54.6 Å². The fraction of sp³-hybridized carbons (Fsp3) is 0.394. The van der Waals surface area contributed by atoms with Crippen molar-refractivity contribution in [3.8, 4) is 23.0 Å². The average Bonchev–Trinajstić information content (AvgIpc) is 3.53. The molecule has 1 aliphatic carbocycles. The predicted octanol–water partition coefficient (Wildman–Crippen LogP) is 5.16. The van der Waals surface area contributed by atoms with Gasteiger partial charge in [0.25, 0.3) is 5.91 Å². The van der Waals surface area contributed by atoms with E-state index in [0.717, 1.165) is 47.7 Å². The van der Waals surface area contributed by atoms with Crippen LogP contribution in [0.2, 0.25) is 0 Å². The zero-order chi connectivity index (χ0) is 28.7. The minimum absolute atomic E-state index is 0.121. The number of likely N-dealkylation sites (tertiary alicyclic amines) is 1. The summed E-state index contributed by atoms with van der Waals surface area (Å²) < 4.78 is 30.4. The number of benzene rings is 3. The highest BCUT2D eigenvalue weighted by atomic mass is 16.7. The van der Waals surface area contributed by atoms with Crippen LogP contribution in [0, 0.1) is 5.41 Å². The maximum absolute atomic E-state index is 12.3.